The molecular weight excluding hydrogens is 422 g/mol. The van der Waals surface area contributed by atoms with Crippen LogP contribution in [0, 0.1) is 11.8 Å². The average molecular weight is 448 g/mol. The molecule has 0 N–H and O–H groups in total. The third-order valence-electron chi connectivity index (χ3n) is 4.85. The topological polar surface area (TPSA) is 78.0 Å². The van der Waals surface area contributed by atoms with Crippen LogP contribution in [0.3, 0.4) is 0 Å². The van der Waals surface area contributed by atoms with Gasteiger partial charge in [-0.25, -0.2) is 12.7 Å². The molecule has 3 heterocycles. The quantitative estimate of drug-likeness (QED) is 0.690. The number of hydrogen-bond donors (Lipinski definition) is 0. The third-order valence-corrected chi connectivity index (χ3v) is 6.96. The van der Waals surface area contributed by atoms with Gasteiger partial charge in [0.25, 0.3) is 5.91 Å². The number of halogens is 1. The van der Waals surface area contributed by atoms with E-state index in [2.05, 4.69) is 0 Å². The molecule has 2 aliphatic heterocycles. The Labute approximate surface area is 176 Å². The molecule has 0 radical (unpaired) electrons. The number of carbonyl (C=O) groups excluding carboxylic acids is 2. The fourth-order valence-corrected chi connectivity index (χ4v) is 5.91. The molecule has 7 nitrogen and oxygen atoms in total. The number of rotatable bonds is 5. The predicted molar refractivity (Wildman–Crippen MR) is 112 cm³/mol. The second-order valence-corrected chi connectivity index (χ2v) is 10.7. The van der Waals surface area contributed by atoms with Crippen molar-refractivity contribution in [3.63, 3.8) is 0 Å². The number of carbonyl (C=O) groups is 2. The summed E-state index contributed by atoms with van der Waals surface area (Å²) < 4.78 is 25.2. The van der Waals surface area contributed by atoms with Gasteiger partial charge in [-0.3, -0.25) is 9.59 Å². The van der Waals surface area contributed by atoms with Gasteiger partial charge in [0.15, 0.2) is 0 Å². The first-order chi connectivity index (χ1) is 12.5. The lowest BCUT2D eigenvalue weighted by molar-refractivity contribution is -0.128. The molecule has 0 bridgehead atoms. The van der Waals surface area contributed by atoms with Crippen LogP contribution in [0.1, 0.15) is 28.4 Å². The van der Waals surface area contributed by atoms with E-state index in [0.717, 1.165) is 22.0 Å². The van der Waals surface area contributed by atoms with Crippen LogP contribution in [0.2, 0.25) is 0 Å². The Morgan fingerprint density at radius 1 is 1.32 bits per heavy atom. The Morgan fingerprint density at radius 3 is 2.50 bits per heavy atom. The molecule has 1 fully saturated rings. The zero-order chi connectivity index (χ0) is 20.1. The number of sulfonamides is 1. The van der Waals surface area contributed by atoms with Crippen molar-refractivity contribution in [1.29, 1.82) is 0 Å². The monoisotopic (exact) mass is 447 g/mol. The zero-order valence-electron chi connectivity index (χ0n) is 16.6. The van der Waals surface area contributed by atoms with Gasteiger partial charge < -0.3 is 9.80 Å². The van der Waals surface area contributed by atoms with Gasteiger partial charge in [-0.15, -0.1) is 23.7 Å². The molecule has 0 saturated carbocycles. The first-order valence-electron chi connectivity index (χ1n) is 8.81. The lowest BCUT2D eigenvalue weighted by atomic mass is 9.89. The van der Waals surface area contributed by atoms with Gasteiger partial charge in [-0.1, -0.05) is 13.8 Å². The van der Waals surface area contributed by atoms with Crippen LogP contribution >= 0.6 is 23.7 Å². The van der Waals surface area contributed by atoms with E-state index in [1.165, 1.54) is 11.3 Å². The predicted octanol–water partition coefficient (Wildman–Crippen LogP) is 2.01. The lowest BCUT2D eigenvalue weighted by Crippen LogP contribution is -2.42. The molecule has 0 aromatic carbocycles. The van der Waals surface area contributed by atoms with E-state index in [1.54, 1.807) is 17.0 Å². The molecule has 3 rings (SSSR count). The summed E-state index contributed by atoms with van der Waals surface area (Å²) in [6.45, 7) is 4.82. The normalized spacial score (nSPS) is 22.0. The molecule has 0 unspecified atom stereocenters. The molecule has 1 aromatic rings. The maximum Gasteiger partial charge on any atom is 0.264 e. The molecule has 28 heavy (non-hydrogen) atoms. The second-order valence-electron chi connectivity index (χ2n) is 7.67. The largest absolute Gasteiger partial charge is 0.325 e. The van der Waals surface area contributed by atoms with E-state index in [1.807, 2.05) is 38.9 Å². The summed E-state index contributed by atoms with van der Waals surface area (Å²) in [5, 5.41) is 0. The van der Waals surface area contributed by atoms with Crippen LogP contribution in [0.4, 0.5) is 0 Å². The smallest absolute Gasteiger partial charge is 0.264 e. The maximum absolute atomic E-state index is 13.1. The van der Waals surface area contributed by atoms with E-state index >= 15 is 0 Å². The number of nitrogens with zero attached hydrogens (tertiary/aromatic N) is 3. The van der Waals surface area contributed by atoms with Gasteiger partial charge in [0, 0.05) is 18.0 Å². The zero-order valence-corrected chi connectivity index (χ0v) is 19.0. The Morgan fingerprint density at radius 2 is 1.96 bits per heavy atom. The second kappa shape index (κ2) is 8.14. The summed E-state index contributed by atoms with van der Waals surface area (Å²) >= 11 is 1.43. The SMILES string of the molecule is CC(C)[C@H]1C(=O)N(S(C)(=O)=O)C2=CCN(C(=O)c3ccc(CN(C)C)s3)[C@@H]21.Cl. The minimum atomic E-state index is -3.72. The van der Waals surface area contributed by atoms with Gasteiger partial charge in [0.1, 0.15) is 0 Å². The fourth-order valence-electron chi connectivity index (χ4n) is 3.81. The van der Waals surface area contributed by atoms with E-state index in [4.69, 9.17) is 0 Å². The summed E-state index contributed by atoms with van der Waals surface area (Å²) in [6, 6.07) is 3.21. The molecule has 1 saturated heterocycles. The summed E-state index contributed by atoms with van der Waals surface area (Å²) in [7, 11) is 0.214. The summed E-state index contributed by atoms with van der Waals surface area (Å²) in [5.41, 5.74) is 0.416. The van der Waals surface area contributed by atoms with Crippen LogP contribution < -0.4 is 0 Å². The minimum Gasteiger partial charge on any atom is -0.325 e. The van der Waals surface area contributed by atoms with Crippen molar-refractivity contribution in [2.75, 3.05) is 26.9 Å². The first-order valence-corrected chi connectivity index (χ1v) is 11.5. The van der Waals surface area contributed by atoms with Crippen LogP contribution in [0.15, 0.2) is 23.9 Å². The van der Waals surface area contributed by atoms with Crippen molar-refractivity contribution in [2.45, 2.75) is 26.4 Å². The summed E-state index contributed by atoms with van der Waals surface area (Å²) in [6.07, 6.45) is 2.72. The number of hydrogen-bond acceptors (Lipinski definition) is 6. The average Bonchev–Trinajstić information content (AvgIpc) is 3.18. The van der Waals surface area contributed by atoms with Gasteiger partial charge in [-0.2, -0.15) is 0 Å². The van der Waals surface area contributed by atoms with Crippen molar-refractivity contribution in [1.82, 2.24) is 14.1 Å². The molecule has 2 aliphatic rings. The summed E-state index contributed by atoms with van der Waals surface area (Å²) in [5.74, 6) is -1.24. The Kier molecular flexibility index (Phi) is 6.65. The first kappa shape index (κ1) is 22.9. The number of amides is 2. The molecule has 2 amide bonds. The molecule has 1 aromatic heterocycles. The Hall–Kier alpha value is -1.42. The molecular formula is C18H26ClN3O4S2. The van der Waals surface area contributed by atoms with Crippen LogP contribution in [-0.2, 0) is 21.4 Å². The number of thiophene rings is 1. The van der Waals surface area contributed by atoms with E-state index < -0.39 is 27.9 Å². The fraction of sp³-hybridized carbons (Fsp3) is 0.556. The molecule has 2 atom stereocenters. The van der Waals surface area contributed by atoms with Crippen molar-refractivity contribution < 1.29 is 18.0 Å². The van der Waals surface area contributed by atoms with E-state index in [9.17, 15) is 18.0 Å². The minimum absolute atomic E-state index is 0. The van der Waals surface area contributed by atoms with E-state index in [-0.39, 0.29) is 24.2 Å². The maximum atomic E-state index is 13.1. The van der Waals surface area contributed by atoms with E-state index in [0.29, 0.717) is 17.1 Å². The summed E-state index contributed by atoms with van der Waals surface area (Å²) in [4.78, 5) is 31.3. The Bertz CT molecular complexity index is 908. The highest BCUT2D eigenvalue weighted by Gasteiger charge is 2.54. The number of fused-ring (bicyclic) bond motifs is 1. The highest BCUT2D eigenvalue weighted by molar-refractivity contribution is 7.89. The molecule has 0 spiro atoms. The van der Waals surface area contributed by atoms with Crippen molar-refractivity contribution in [3.8, 4) is 0 Å². The highest BCUT2D eigenvalue weighted by atomic mass is 35.5. The van der Waals surface area contributed by atoms with Crippen LogP contribution in [0.5, 0.6) is 0 Å². The van der Waals surface area contributed by atoms with Crippen molar-refractivity contribution in [2.24, 2.45) is 11.8 Å². The van der Waals surface area contributed by atoms with Crippen LogP contribution in [0.25, 0.3) is 0 Å². The Balaban J connectivity index is 0.00000280. The van der Waals surface area contributed by atoms with Crippen molar-refractivity contribution >= 4 is 45.6 Å². The van der Waals surface area contributed by atoms with Crippen molar-refractivity contribution in [3.05, 3.63) is 33.7 Å². The lowest BCUT2D eigenvalue weighted by Gasteiger charge is -2.28. The van der Waals surface area contributed by atoms with Gasteiger partial charge in [-0.05, 0) is 38.2 Å². The van der Waals surface area contributed by atoms with Gasteiger partial charge in [0.2, 0.25) is 15.9 Å². The molecule has 10 heteroatoms. The molecule has 156 valence electrons. The van der Waals surface area contributed by atoms with Gasteiger partial charge in [0.05, 0.1) is 28.8 Å². The standard InChI is InChI=1S/C18H25N3O4S2.ClH/c1-11(2)15-16-13(21(18(15)23)27(5,24)25)8-9-20(16)17(22)14-7-6-12(26-14)10-19(3)4;/h6-8,11,15-16H,9-10H2,1-5H3;1H/t15-,16+;/m1./s1. The van der Waals surface area contributed by atoms with Gasteiger partial charge >= 0.3 is 0 Å². The highest BCUT2D eigenvalue weighted by Crippen LogP contribution is 2.42. The van der Waals surface area contributed by atoms with Crippen LogP contribution in [-0.4, -0.2) is 67.3 Å². The third kappa shape index (κ3) is 3.98. The molecule has 0 aliphatic carbocycles.